The number of aliphatic hydroxyl groups excluding tert-OH is 1. The second kappa shape index (κ2) is 5.59. The lowest BCUT2D eigenvalue weighted by Gasteiger charge is -2.15. The van der Waals surface area contributed by atoms with Gasteiger partial charge in [0.1, 0.15) is 6.10 Å². The summed E-state index contributed by atoms with van der Waals surface area (Å²) in [5, 5.41) is 14.2. The highest BCUT2D eigenvalue weighted by atomic mass is 16.5. The Labute approximate surface area is 113 Å². The molecule has 5 heteroatoms. The second-order valence-corrected chi connectivity index (χ2v) is 5.86. The maximum absolute atomic E-state index is 10.2. The van der Waals surface area contributed by atoms with Crippen LogP contribution in [0.15, 0.2) is 4.52 Å². The molecule has 2 saturated carbocycles. The van der Waals surface area contributed by atoms with Crippen LogP contribution in [0.3, 0.4) is 0 Å². The maximum atomic E-state index is 10.2. The van der Waals surface area contributed by atoms with Gasteiger partial charge in [0.05, 0.1) is 12.5 Å². The van der Waals surface area contributed by atoms with Crippen LogP contribution in [-0.2, 0) is 11.2 Å². The molecule has 0 aliphatic heterocycles. The Morgan fingerprint density at radius 1 is 1.26 bits per heavy atom. The Balaban J connectivity index is 1.60. The van der Waals surface area contributed by atoms with Crippen LogP contribution in [0.5, 0.6) is 0 Å². The van der Waals surface area contributed by atoms with Crippen molar-refractivity contribution in [3.05, 3.63) is 11.7 Å². The summed E-state index contributed by atoms with van der Waals surface area (Å²) in [6.45, 7) is 0. The molecule has 0 aromatic carbocycles. The molecule has 2 aliphatic rings. The minimum absolute atomic E-state index is 0.0406. The molecule has 0 spiro atoms. The fourth-order valence-corrected chi connectivity index (χ4v) is 3.06. The molecule has 5 nitrogen and oxygen atoms in total. The van der Waals surface area contributed by atoms with E-state index in [1.807, 2.05) is 0 Å². The molecule has 19 heavy (non-hydrogen) atoms. The van der Waals surface area contributed by atoms with Crippen LogP contribution >= 0.6 is 0 Å². The van der Waals surface area contributed by atoms with Crippen molar-refractivity contribution in [2.45, 2.75) is 57.2 Å². The zero-order valence-electron chi connectivity index (χ0n) is 11.4. The average Bonchev–Trinajstić information content (AvgIpc) is 2.93. The van der Waals surface area contributed by atoms with Crippen LogP contribution in [0, 0.1) is 11.8 Å². The van der Waals surface area contributed by atoms with Crippen LogP contribution in [0.1, 0.15) is 56.3 Å². The van der Waals surface area contributed by atoms with Gasteiger partial charge in [-0.15, -0.1) is 0 Å². The molecule has 3 rings (SSSR count). The molecule has 0 saturated heterocycles. The van der Waals surface area contributed by atoms with Gasteiger partial charge in [-0.05, 0) is 37.5 Å². The summed E-state index contributed by atoms with van der Waals surface area (Å²) >= 11 is 0. The van der Waals surface area contributed by atoms with Crippen molar-refractivity contribution in [2.24, 2.45) is 11.8 Å². The zero-order chi connectivity index (χ0) is 13.2. The number of hydrogen-bond acceptors (Lipinski definition) is 5. The number of aliphatic hydroxyl groups is 1. The van der Waals surface area contributed by atoms with E-state index in [4.69, 9.17) is 9.26 Å². The Morgan fingerprint density at radius 2 is 2.00 bits per heavy atom. The molecule has 106 valence electrons. The fourth-order valence-electron chi connectivity index (χ4n) is 3.06. The topological polar surface area (TPSA) is 68.4 Å². The molecule has 0 bridgehead atoms. The largest absolute Gasteiger partial charge is 0.392 e. The van der Waals surface area contributed by atoms with Crippen LogP contribution in [0.2, 0.25) is 0 Å². The van der Waals surface area contributed by atoms with Crippen molar-refractivity contribution in [1.82, 2.24) is 10.1 Å². The molecule has 1 heterocycles. The van der Waals surface area contributed by atoms with Gasteiger partial charge in [0, 0.05) is 7.11 Å². The lowest BCUT2D eigenvalue weighted by molar-refractivity contribution is 0.0750. The first-order valence-electron chi connectivity index (χ1n) is 7.31. The summed E-state index contributed by atoms with van der Waals surface area (Å²) in [6, 6.07) is 0. The summed E-state index contributed by atoms with van der Waals surface area (Å²) in [4.78, 5) is 4.39. The number of rotatable bonds is 6. The summed E-state index contributed by atoms with van der Waals surface area (Å²) in [5.74, 6) is 2.11. The fraction of sp³-hybridized carbons (Fsp3) is 0.857. The smallest absolute Gasteiger partial charge is 0.229 e. The SMILES string of the molecule is COC(c1noc(CC(O)C2CCCC2)n1)C1CC1. The van der Waals surface area contributed by atoms with Crippen LogP contribution in [0.25, 0.3) is 0 Å². The van der Waals surface area contributed by atoms with Crippen molar-refractivity contribution in [2.75, 3.05) is 7.11 Å². The first-order valence-corrected chi connectivity index (χ1v) is 7.31. The third-order valence-electron chi connectivity index (χ3n) is 4.37. The Morgan fingerprint density at radius 3 is 2.63 bits per heavy atom. The number of aromatic nitrogens is 2. The van der Waals surface area contributed by atoms with E-state index in [0.717, 1.165) is 12.8 Å². The number of methoxy groups -OCH3 is 1. The number of ether oxygens (including phenoxy) is 1. The number of hydrogen-bond donors (Lipinski definition) is 1. The maximum Gasteiger partial charge on any atom is 0.229 e. The van der Waals surface area contributed by atoms with E-state index in [1.165, 1.54) is 25.7 Å². The molecule has 2 unspecified atom stereocenters. The normalized spacial score (nSPS) is 23.7. The van der Waals surface area contributed by atoms with Gasteiger partial charge in [-0.2, -0.15) is 4.98 Å². The molecule has 1 N–H and O–H groups in total. The van der Waals surface area contributed by atoms with E-state index in [2.05, 4.69) is 10.1 Å². The highest BCUT2D eigenvalue weighted by Crippen LogP contribution is 2.42. The molecule has 0 radical (unpaired) electrons. The van der Waals surface area contributed by atoms with Gasteiger partial charge in [-0.25, -0.2) is 0 Å². The lowest BCUT2D eigenvalue weighted by atomic mass is 9.98. The van der Waals surface area contributed by atoms with Crippen molar-refractivity contribution in [1.29, 1.82) is 0 Å². The van der Waals surface area contributed by atoms with Gasteiger partial charge in [-0.1, -0.05) is 18.0 Å². The van der Waals surface area contributed by atoms with Crippen molar-refractivity contribution in [3.63, 3.8) is 0 Å². The van der Waals surface area contributed by atoms with Crippen LogP contribution < -0.4 is 0 Å². The van der Waals surface area contributed by atoms with Crippen molar-refractivity contribution >= 4 is 0 Å². The molecule has 1 aromatic rings. The summed E-state index contributed by atoms with van der Waals surface area (Å²) < 4.78 is 10.7. The van der Waals surface area contributed by atoms with E-state index >= 15 is 0 Å². The van der Waals surface area contributed by atoms with Crippen LogP contribution in [-0.4, -0.2) is 28.5 Å². The molecule has 2 atom stereocenters. The second-order valence-electron chi connectivity index (χ2n) is 5.86. The third-order valence-corrected chi connectivity index (χ3v) is 4.37. The summed E-state index contributed by atoms with van der Waals surface area (Å²) in [5.41, 5.74) is 0. The quantitative estimate of drug-likeness (QED) is 0.855. The molecule has 2 aliphatic carbocycles. The highest BCUT2D eigenvalue weighted by molar-refractivity contribution is 4.99. The molecular weight excluding hydrogens is 244 g/mol. The third kappa shape index (κ3) is 2.98. The van der Waals surface area contributed by atoms with Crippen molar-refractivity contribution < 1.29 is 14.4 Å². The Kier molecular flexibility index (Phi) is 3.84. The van der Waals surface area contributed by atoms with Gasteiger partial charge >= 0.3 is 0 Å². The van der Waals surface area contributed by atoms with E-state index in [-0.39, 0.29) is 12.2 Å². The van der Waals surface area contributed by atoms with Gasteiger partial charge in [0.2, 0.25) is 11.7 Å². The van der Waals surface area contributed by atoms with Gasteiger partial charge in [0.25, 0.3) is 0 Å². The standard InChI is InChI=1S/C14H22N2O3/c1-18-13(10-6-7-10)14-15-12(19-16-14)8-11(17)9-4-2-3-5-9/h9-11,13,17H,2-8H2,1H3. The Hall–Kier alpha value is -0.940. The lowest BCUT2D eigenvalue weighted by Crippen LogP contribution is -2.20. The van der Waals surface area contributed by atoms with Crippen LogP contribution in [0.4, 0.5) is 0 Å². The average molecular weight is 266 g/mol. The predicted octanol–water partition coefficient (Wildman–Crippen LogP) is 2.26. The van der Waals surface area contributed by atoms with Gasteiger partial charge in [0.15, 0.2) is 0 Å². The highest BCUT2D eigenvalue weighted by Gasteiger charge is 2.36. The summed E-state index contributed by atoms with van der Waals surface area (Å²) in [7, 11) is 1.69. The van der Waals surface area contributed by atoms with E-state index in [1.54, 1.807) is 7.11 Å². The molecule has 2 fully saturated rings. The first-order chi connectivity index (χ1) is 9.28. The minimum Gasteiger partial charge on any atom is -0.392 e. The van der Waals surface area contributed by atoms with E-state index < -0.39 is 0 Å². The Bertz CT molecular complexity index is 411. The molecule has 1 aromatic heterocycles. The zero-order valence-corrected chi connectivity index (χ0v) is 11.4. The van der Waals surface area contributed by atoms with E-state index in [9.17, 15) is 5.11 Å². The van der Waals surface area contributed by atoms with E-state index in [0.29, 0.717) is 30.0 Å². The van der Waals surface area contributed by atoms with Gasteiger partial charge < -0.3 is 14.4 Å². The predicted molar refractivity (Wildman–Crippen MR) is 68.4 cm³/mol. The first kappa shape index (κ1) is 13.1. The minimum atomic E-state index is -0.349. The van der Waals surface area contributed by atoms with Crippen molar-refractivity contribution in [3.8, 4) is 0 Å². The number of nitrogens with zero attached hydrogens (tertiary/aromatic N) is 2. The summed E-state index contributed by atoms with van der Waals surface area (Å²) in [6.07, 6.45) is 7.11. The molecule has 0 amide bonds. The molecular formula is C14H22N2O3. The monoisotopic (exact) mass is 266 g/mol. The van der Waals surface area contributed by atoms with Gasteiger partial charge in [-0.3, -0.25) is 0 Å².